The molecule has 0 heterocycles. The van der Waals surface area contributed by atoms with Crippen LogP contribution in [0.4, 0.5) is 0 Å². The number of halogens is 1. The van der Waals surface area contributed by atoms with Gasteiger partial charge in [0.2, 0.25) is 0 Å². The number of carbonyl (C=O) groups is 1. The Morgan fingerprint density at radius 3 is 2.46 bits per heavy atom. The molecule has 0 spiro atoms. The lowest BCUT2D eigenvalue weighted by Crippen LogP contribution is -2.17. The van der Waals surface area contributed by atoms with E-state index < -0.39 is 0 Å². The molecule has 0 bridgehead atoms. The second-order valence-corrected chi connectivity index (χ2v) is 6.29. The van der Waals surface area contributed by atoms with Gasteiger partial charge in [0.05, 0.1) is 30.1 Å². The van der Waals surface area contributed by atoms with Crippen LogP contribution in [0.1, 0.15) is 29.8 Å². The van der Waals surface area contributed by atoms with Gasteiger partial charge in [-0.15, -0.1) is 0 Å². The maximum atomic E-state index is 12.1. The zero-order valence-electron chi connectivity index (χ0n) is 14.9. The van der Waals surface area contributed by atoms with Crippen LogP contribution in [-0.4, -0.2) is 32.4 Å². The highest BCUT2D eigenvalue weighted by atomic mass is 127. The molecule has 2 aromatic carbocycles. The number of benzene rings is 2. The standard InChI is InChI=1S/C19H21IN2O4/c1-4-25-15-8-6-14(7-9-15)19(23)22-21-12-13-10-16(20)18(24-3)17(11-13)26-5-2/h6-12H,4-5H2,1-3H3,(H,22,23)/b21-12+. The minimum Gasteiger partial charge on any atom is -0.494 e. The first-order valence-corrected chi connectivity index (χ1v) is 9.23. The van der Waals surface area contributed by atoms with Crippen molar-refractivity contribution in [3.05, 3.63) is 51.1 Å². The lowest BCUT2D eigenvalue weighted by atomic mass is 10.2. The monoisotopic (exact) mass is 468 g/mol. The predicted octanol–water partition coefficient (Wildman–Crippen LogP) is 3.86. The number of rotatable bonds is 8. The molecule has 0 radical (unpaired) electrons. The second-order valence-electron chi connectivity index (χ2n) is 5.12. The van der Waals surface area contributed by atoms with Crippen LogP contribution in [0.2, 0.25) is 0 Å². The first-order valence-electron chi connectivity index (χ1n) is 8.15. The van der Waals surface area contributed by atoms with Crippen LogP contribution < -0.4 is 19.6 Å². The van der Waals surface area contributed by atoms with Gasteiger partial charge < -0.3 is 14.2 Å². The summed E-state index contributed by atoms with van der Waals surface area (Å²) in [7, 11) is 1.60. The third-order valence-electron chi connectivity index (χ3n) is 3.34. The van der Waals surface area contributed by atoms with Gasteiger partial charge in [-0.1, -0.05) is 0 Å². The molecule has 2 aromatic rings. The van der Waals surface area contributed by atoms with Crippen LogP contribution in [-0.2, 0) is 0 Å². The quantitative estimate of drug-likeness (QED) is 0.363. The molecule has 0 unspecified atom stereocenters. The number of hydrogen-bond acceptors (Lipinski definition) is 5. The molecule has 0 aliphatic rings. The van der Waals surface area contributed by atoms with Gasteiger partial charge in [0.15, 0.2) is 11.5 Å². The zero-order chi connectivity index (χ0) is 18.9. The van der Waals surface area contributed by atoms with Gasteiger partial charge in [0.25, 0.3) is 5.91 Å². The molecule has 138 valence electrons. The molecule has 0 saturated heterocycles. The Morgan fingerprint density at radius 1 is 1.15 bits per heavy atom. The fourth-order valence-corrected chi connectivity index (χ4v) is 3.07. The van der Waals surface area contributed by atoms with E-state index in [1.807, 2.05) is 26.0 Å². The average molecular weight is 468 g/mol. The number of ether oxygens (including phenoxy) is 3. The van der Waals surface area contributed by atoms with E-state index in [4.69, 9.17) is 14.2 Å². The summed E-state index contributed by atoms with van der Waals surface area (Å²) < 4.78 is 17.2. The van der Waals surface area contributed by atoms with Crippen molar-refractivity contribution >= 4 is 34.7 Å². The van der Waals surface area contributed by atoms with E-state index in [1.165, 1.54) is 0 Å². The Balaban J connectivity index is 2.06. The lowest BCUT2D eigenvalue weighted by molar-refractivity contribution is 0.0955. The highest BCUT2D eigenvalue weighted by Gasteiger charge is 2.10. The smallest absolute Gasteiger partial charge is 0.271 e. The molecule has 0 atom stereocenters. The largest absolute Gasteiger partial charge is 0.494 e. The fraction of sp³-hybridized carbons (Fsp3) is 0.263. The van der Waals surface area contributed by atoms with Crippen molar-refractivity contribution in [3.8, 4) is 17.2 Å². The Labute approximate surface area is 166 Å². The van der Waals surface area contributed by atoms with E-state index in [1.54, 1.807) is 37.6 Å². The molecule has 0 saturated carbocycles. The number of hydrogen-bond donors (Lipinski definition) is 1. The van der Waals surface area contributed by atoms with Crippen LogP contribution in [0.5, 0.6) is 17.2 Å². The number of nitrogens with zero attached hydrogens (tertiary/aromatic N) is 1. The summed E-state index contributed by atoms with van der Waals surface area (Å²) >= 11 is 2.17. The van der Waals surface area contributed by atoms with Crippen LogP contribution in [0.15, 0.2) is 41.5 Å². The molecule has 0 aromatic heterocycles. The predicted molar refractivity (Wildman–Crippen MR) is 110 cm³/mol. The highest BCUT2D eigenvalue weighted by Crippen LogP contribution is 2.33. The molecule has 2 rings (SSSR count). The average Bonchev–Trinajstić information content (AvgIpc) is 2.63. The normalized spacial score (nSPS) is 10.6. The molecule has 1 amide bonds. The molecule has 0 fully saturated rings. The minimum absolute atomic E-state index is 0.294. The van der Waals surface area contributed by atoms with Crippen molar-refractivity contribution in [2.24, 2.45) is 5.10 Å². The maximum absolute atomic E-state index is 12.1. The summed E-state index contributed by atoms with van der Waals surface area (Å²) in [4.78, 5) is 12.1. The summed E-state index contributed by atoms with van der Waals surface area (Å²) in [6, 6.07) is 10.6. The molecular weight excluding hydrogens is 447 g/mol. The Morgan fingerprint density at radius 2 is 1.85 bits per heavy atom. The third-order valence-corrected chi connectivity index (χ3v) is 4.14. The molecule has 0 aliphatic heterocycles. The molecule has 6 nitrogen and oxygen atoms in total. The van der Waals surface area contributed by atoms with Gasteiger partial charge in [0.1, 0.15) is 5.75 Å². The van der Waals surface area contributed by atoms with E-state index in [0.717, 1.165) is 14.9 Å². The SMILES string of the molecule is CCOc1ccc(C(=O)N/N=C/c2cc(I)c(OC)c(OCC)c2)cc1. The number of nitrogens with one attached hydrogen (secondary N) is 1. The van der Waals surface area contributed by atoms with Gasteiger partial charge in [-0.25, -0.2) is 5.43 Å². The maximum Gasteiger partial charge on any atom is 0.271 e. The van der Waals surface area contributed by atoms with E-state index in [9.17, 15) is 4.79 Å². The topological polar surface area (TPSA) is 69.2 Å². The number of hydrazone groups is 1. The van der Waals surface area contributed by atoms with Gasteiger partial charge in [-0.05, 0) is 78.4 Å². The van der Waals surface area contributed by atoms with Crippen molar-refractivity contribution in [3.63, 3.8) is 0 Å². The number of amides is 1. The fourth-order valence-electron chi connectivity index (χ4n) is 2.22. The van der Waals surface area contributed by atoms with Crippen LogP contribution in [0.25, 0.3) is 0 Å². The van der Waals surface area contributed by atoms with Crippen LogP contribution >= 0.6 is 22.6 Å². The molecule has 1 N–H and O–H groups in total. The van der Waals surface area contributed by atoms with Crippen molar-refractivity contribution < 1.29 is 19.0 Å². The summed E-state index contributed by atoms with van der Waals surface area (Å²) in [5.74, 6) is 1.76. The summed E-state index contributed by atoms with van der Waals surface area (Å²) in [6.07, 6.45) is 1.57. The molecule has 7 heteroatoms. The zero-order valence-corrected chi connectivity index (χ0v) is 17.1. The van der Waals surface area contributed by atoms with E-state index in [-0.39, 0.29) is 5.91 Å². The summed E-state index contributed by atoms with van der Waals surface area (Å²) in [5.41, 5.74) is 3.82. The molecule has 0 aliphatic carbocycles. The van der Waals surface area contributed by atoms with Crippen molar-refractivity contribution in [1.82, 2.24) is 5.43 Å². The first kappa shape index (κ1) is 20.0. The lowest BCUT2D eigenvalue weighted by Gasteiger charge is -2.11. The van der Waals surface area contributed by atoms with E-state index >= 15 is 0 Å². The van der Waals surface area contributed by atoms with Crippen molar-refractivity contribution in [1.29, 1.82) is 0 Å². The van der Waals surface area contributed by atoms with Crippen LogP contribution in [0, 0.1) is 3.57 Å². The van der Waals surface area contributed by atoms with Gasteiger partial charge in [-0.2, -0.15) is 5.10 Å². The number of carbonyl (C=O) groups excluding carboxylic acids is 1. The van der Waals surface area contributed by atoms with Crippen molar-refractivity contribution in [2.45, 2.75) is 13.8 Å². The highest BCUT2D eigenvalue weighted by molar-refractivity contribution is 14.1. The van der Waals surface area contributed by atoms with Gasteiger partial charge in [-0.3, -0.25) is 4.79 Å². The summed E-state index contributed by atoms with van der Waals surface area (Å²) in [5, 5.41) is 4.02. The van der Waals surface area contributed by atoms with E-state index in [0.29, 0.717) is 30.3 Å². The van der Waals surface area contributed by atoms with Gasteiger partial charge >= 0.3 is 0 Å². The number of methoxy groups -OCH3 is 1. The first-order chi connectivity index (χ1) is 12.6. The Bertz CT molecular complexity index is 776. The Hall–Kier alpha value is -2.29. The van der Waals surface area contributed by atoms with Crippen molar-refractivity contribution in [2.75, 3.05) is 20.3 Å². The molecular formula is C19H21IN2O4. The van der Waals surface area contributed by atoms with Crippen LogP contribution in [0.3, 0.4) is 0 Å². The second kappa shape index (κ2) is 10.0. The summed E-state index contributed by atoms with van der Waals surface area (Å²) in [6.45, 7) is 4.93. The Kier molecular flexibility index (Phi) is 7.71. The van der Waals surface area contributed by atoms with Gasteiger partial charge in [0, 0.05) is 5.56 Å². The minimum atomic E-state index is -0.294. The molecule has 26 heavy (non-hydrogen) atoms. The third kappa shape index (κ3) is 5.35. The van der Waals surface area contributed by atoms with E-state index in [2.05, 4.69) is 33.1 Å².